The molecule has 1 aromatic carbocycles. The summed E-state index contributed by atoms with van der Waals surface area (Å²) in [5.41, 5.74) is 1.31. The van der Waals surface area contributed by atoms with E-state index in [-0.39, 0.29) is 17.5 Å². The normalized spacial score (nSPS) is 12.9. The molecular formula is C27H36F2N6O5S. The zero-order valence-electron chi connectivity index (χ0n) is 24.1. The molecule has 0 bridgehead atoms. The number of imidazole rings is 1. The van der Waals surface area contributed by atoms with Gasteiger partial charge in [-0.3, -0.25) is 4.72 Å². The van der Waals surface area contributed by atoms with Crippen molar-refractivity contribution in [3.05, 3.63) is 42.1 Å². The molecule has 0 unspecified atom stereocenters. The predicted molar refractivity (Wildman–Crippen MR) is 151 cm³/mol. The number of methoxy groups -OCH3 is 1. The molecule has 0 saturated carbocycles. The van der Waals surface area contributed by atoms with Gasteiger partial charge in [-0.2, -0.15) is 8.78 Å². The highest BCUT2D eigenvalue weighted by molar-refractivity contribution is 7.93. The molecule has 3 rings (SSSR count). The molecule has 1 atom stereocenters. The van der Waals surface area contributed by atoms with Crippen molar-refractivity contribution in [2.45, 2.75) is 77.7 Å². The first-order chi connectivity index (χ1) is 19.1. The van der Waals surface area contributed by atoms with Gasteiger partial charge in [0.1, 0.15) is 17.4 Å². The Hall–Kier alpha value is -3.81. The molecule has 1 amide bonds. The molecule has 224 valence electrons. The van der Waals surface area contributed by atoms with E-state index in [0.717, 1.165) is 0 Å². The maximum absolute atomic E-state index is 13.2. The van der Waals surface area contributed by atoms with Crippen molar-refractivity contribution < 1.29 is 31.5 Å². The van der Waals surface area contributed by atoms with Crippen LogP contribution in [0.5, 0.6) is 5.75 Å². The average Bonchev–Trinajstić information content (AvgIpc) is 3.33. The van der Waals surface area contributed by atoms with E-state index in [9.17, 15) is 22.0 Å². The molecule has 0 aliphatic rings. The average molecular weight is 595 g/mol. The summed E-state index contributed by atoms with van der Waals surface area (Å²) in [6.07, 6.45) is 2.06. The van der Waals surface area contributed by atoms with Crippen LogP contribution in [0.4, 0.5) is 19.3 Å². The zero-order valence-corrected chi connectivity index (χ0v) is 24.9. The van der Waals surface area contributed by atoms with Crippen LogP contribution in [-0.4, -0.2) is 59.5 Å². The van der Waals surface area contributed by atoms with E-state index in [2.05, 4.69) is 34.5 Å². The number of nitrogens with zero attached hydrogens (tertiary/aromatic N) is 3. The number of amides is 1. The number of H-pyrrole nitrogens is 1. The number of carbonyl (C=O) groups excluding carboxylic acids is 1. The number of ether oxygens (including phenoxy) is 2. The topological polar surface area (TPSA) is 148 Å². The number of benzene rings is 1. The highest BCUT2D eigenvalue weighted by atomic mass is 32.2. The van der Waals surface area contributed by atoms with Gasteiger partial charge in [0.2, 0.25) is 10.0 Å². The van der Waals surface area contributed by atoms with Gasteiger partial charge in [0.25, 0.3) is 0 Å². The van der Waals surface area contributed by atoms with Crippen LogP contribution in [0.1, 0.15) is 59.6 Å². The summed E-state index contributed by atoms with van der Waals surface area (Å²) in [4.78, 5) is 28.6. The van der Waals surface area contributed by atoms with E-state index in [4.69, 9.17) is 4.98 Å². The number of aromatic nitrogens is 4. The smallest absolute Gasteiger partial charge is 0.407 e. The number of halogens is 2. The first kappa shape index (κ1) is 31.7. The lowest BCUT2D eigenvalue weighted by Gasteiger charge is -2.15. The van der Waals surface area contributed by atoms with Gasteiger partial charge >= 0.3 is 12.7 Å². The Morgan fingerprint density at radius 2 is 1.83 bits per heavy atom. The largest absolute Gasteiger partial charge is 0.453 e. The summed E-state index contributed by atoms with van der Waals surface area (Å²) < 4.78 is 63.2. The van der Waals surface area contributed by atoms with Crippen LogP contribution in [0.3, 0.4) is 0 Å². The number of alkyl carbamates (subject to hydrolysis) is 1. The van der Waals surface area contributed by atoms with Gasteiger partial charge < -0.3 is 19.8 Å². The van der Waals surface area contributed by atoms with Crippen LogP contribution in [0.2, 0.25) is 0 Å². The third kappa shape index (κ3) is 8.59. The minimum absolute atomic E-state index is 0.0496. The fraction of sp³-hybridized carbons (Fsp3) is 0.481. The lowest BCUT2D eigenvalue weighted by atomic mass is 9.96. The Labute approximate surface area is 238 Å². The van der Waals surface area contributed by atoms with Crippen molar-refractivity contribution in [2.75, 3.05) is 11.8 Å². The summed E-state index contributed by atoms with van der Waals surface area (Å²) in [6.45, 7) is 7.59. The monoisotopic (exact) mass is 594 g/mol. The lowest BCUT2D eigenvalue weighted by molar-refractivity contribution is -0.0497. The summed E-state index contributed by atoms with van der Waals surface area (Å²) in [5, 5.41) is 1.94. The van der Waals surface area contributed by atoms with Crippen LogP contribution >= 0.6 is 0 Å². The standard InChI is InChI=1S/C27H36F2N6O5S/c1-15(2)41(37,38)35-18-12-17(13-19(14-18)40-25(28)29)22-23(34-24(33-22)27(4,5)6)20-10-11-30-21(32-20)9-8-16(3)31-26(36)39-7/h10-16,25,35H,8-9H2,1-7H3,(H,31,36)(H,33,34)/t16-/m0/s1. The molecule has 41 heavy (non-hydrogen) atoms. The lowest BCUT2D eigenvalue weighted by Crippen LogP contribution is -2.32. The number of anilines is 1. The molecule has 0 fully saturated rings. The summed E-state index contributed by atoms with van der Waals surface area (Å²) in [7, 11) is -2.49. The minimum atomic E-state index is -3.78. The minimum Gasteiger partial charge on any atom is -0.453 e. The van der Waals surface area contributed by atoms with E-state index in [1.807, 2.05) is 27.7 Å². The molecule has 2 aromatic heterocycles. The third-order valence-corrected chi connectivity index (χ3v) is 7.77. The number of alkyl halides is 2. The molecule has 0 aliphatic carbocycles. The summed E-state index contributed by atoms with van der Waals surface area (Å²) in [6, 6.07) is 5.57. The molecular weight excluding hydrogens is 558 g/mol. The van der Waals surface area contributed by atoms with Gasteiger partial charge in [0.05, 0.1) is 35.1 Å². The molecule has 3 N–H and O–H groups in total. The molecule has 2 heterocycles. The molecule has 0 radical (unpaired) electrons. The fourth-order valence-electron chi connectivity index (χ4n) is 3.71. The summed E-state index contributed by atoms with van der Waals surface area (Å²) in [5.74, 6) is 0.878. The molecule has 0 spiro atoms. The Balaban J connectivity index is 2.09. The molecule has 0 saturated heterocycles. The Morgan fingerprint density at radius 1 is 1.12 bits per heavy atom. The first-order valence-corrected chi connectivity index (χ1v) is 14.5. The van der Waals surface area contributed by atoms with E-state index in [0.29, 0.717) is 47.1 Å². The maximum atomic E-state index is 13.2. The second-order valence-corrected chi connectivity index (χ2v) is 13.1. The highest BCUT2D eigenvalue weighted by Gasteiger charge is 2.25. The number of nitrogens with one attached hydrogen (secondary N) is 3. The maximum Gasteiger partial charge on any atom is 0.407 e. The van der Waals surface area contributed by atoms with E-state index in [1.165, 1.54) is 39.2 Å². The Bertz CT molecular complexity index is 1470. The van der Waals surface area contributed by atoms with Crippen molar-refractivity contribution >= 4 is 21.8 Å². The third-order valence-electron chi connectivity index (χ3n) is 6.01. The van der Waals surface area contributed by atoms with E-state index >= 15 is 0 Å². The van der Waals surface area contributed by atoms with Crippen LogP contribution in [0, 0.1) is 0 Å². The number of aromatic amines is 1. The van der Waals surface area contributed by atoms with Gasteiger partial charge in [-0.1, -0.05) is 20.8 Å². The Kier molecular flexibility index (Phi) is 9.89. The number of carbonyl (C=O) groups is 1. The van der Waals surface area contributed by atoms with Crippen LogP contribution in [0.15, 0.2) is 30.5 Å². The van der Waals surface area contributed by atoms with Gasteiger partial charge in [-0.15, -0.1) is 0 Å². The second kappa shape index (κ2) is 12.8. The highest BCUT2D eigenvalue weighted by Crippen LogP contribution is 2.36. The van der Waals surface area contributed by atoms with Crippen molar-refractivity contribution in [1.82, 2.24) is 25.3 Å². The van der Waals surface area contributed by atoms with E-state index < -0.39 is 33.4 Å². The number of hydrogen-bond acceptors (Lipinski definition) is 8. The Morgan fingerprint density at radius 3 is 2.44 bits per heavy atom. The molecule has 0 aliphatic heterocycles. The number of rotatable bonds is 11. The molecule has 14 heteroatoms. The van der Waals surface area contributed by atoms with Crippen LogP contribution in [-0.2, 0) is 26.6 Å². The van der Waals surface area contributed by atoms with Crippen LogP contribution < -0.4 is 14.8 Å². The summed E-state index contributed by atoms with van der Waals surface area (Å²) >= 11 is 0. The van der Waals surface area contributed by atoms with Crippen molar-refractivity contribution in [3.63, 3.8) is 0 Å². The second-order valence-electron chi connectivity index (χ2n) is 10.8. The van der Waals surface area contributed by atoms with Gasteiger partial charge in [0, 0.05) is 35.7 Å². The predicted octanol–water partition coefficient (Wildman–Crippen LogP) is 5.26. The zero-order chi connectivity index (χ0) is 30.5. The quantitative estimate of drug-likeness (QED) is 0.272. The first-order valence-electron chi connectivity index (χ1n) is 13.0. The number of aryl methyl sites for hydroxylation is 1. The van der Waals surface area contributed by atoms with Gasteiger partial charge in [-0.05, 0) is 45.4 Å². The SMILES string of the molecule is COC(=O)N[C@@H](C)CCc1nccc(-c2[nH]c(C(C)(C)C)nc2-c2cc(NS(=O)(=O)C(C)C)cc(OC(F)F)c2)n1. The van der Waals surface area contributed by atoms with Crippen LogP contribution in [0.25, 0.3) is 22.6 Å². The fourth-order valence-corrected chi connectivity index (χ4v) is 4.39. The van der Waals surface area contributed by atoms with Gasteiger partial charge in [0.15, 0.2) is 0 Å². The molecule has 3 aromatic rings. The van der Waals surface area contributed by atoms with Crippen molar-refractivity contribution in [2.24, 2.45) is 0 Å². The van der Waals surface area contributed by atoms with Gasteiger partial charge in [-0.25, -0.2) is 28.2 Å². The van der Waals surface area contributed by atoms with Crippen molar-refractivity contribution in [1.29, 1.82) is 0 Å². The molecule has 11 nitrogen and oxygen atoms in total. The van der Waals surface area contributed by atoms with E-state index in [1.54, 1.807) is 12.3 Å². The number of hydrogen-bond donors (Lipinski definition) is 3. The number of sulfonamides is 1. The van der Waals surface area contributed by atoms with Crippen molar-refractivity contribution in [3.8, 4) is 28.4 Å².